The van der Waals surface area contributed by atoms with E-state index in [0.717, 1.165) is 31.2 Å². The minimum Gasteiger partial charge on any atom is -0.481 e. The van der Waals surface area contributed by atoms with E-state index in [1.54, 1.807) is 12.1 Å². The molecule has 3 aromatic rings. The fourth-order valence-corrected chi connectivity index (χ4v) is 4.18. The smallest absolute Gasteiger partial charge is 0.303 e. The molecule has 7 nitrogen and oxygen atoms in total. The highest BCUT2D eigenvalue weighted by Crippen LogP contribution is 2.37. The maximum atomic E-state index is 12.5. The van der Waals surface area contributed by atoms with Gasteiger partial charge >= 0.3 is 5.97 Å². The number of carbonyl (C=O) groups excluding carboxylic acids is 1. The Morgan fingerprint density at radius 1 is 1.00 bits per heavy atom. The number of hydrogen-bond donors (Lipinski definition) is 2. The number of hydrogen-bond acceptors (Lipinski definition) is 5. The number of nitrogens with zero attached hydrogens (tertiary/aromatic N) is 2. The van der Waals surface area contributed by atoms with E-state index in [1.165, 1.54) is 5.56 Å². The van der Waals surface area contributed by atoms with Gasteiger partial charge in [0.15, 0.2) is 0 Å². The third kappa shape index (κ3) is 5.57. The molecule has 1 fully saturated rings. The quantitative estimate of drug-likeness (QED) is 0.577. The third-order valence-corrected chi connectivity index (χ3v) is 5.85. The van der Waals surface area contributed by atoms with Gasteiger partial charge in [0.25, 0.3) is 11.9 Å². The largest absolute Gasteiger partial charge is 0.481 e. The molecule has 0 aliphatic heterocycles. The lowest BCUT2D eigenvalue weighted by atomic mass is 9.77. The molecule has 0 unspecified atom stereocenters. The lowest BCUT2D eigenvalue weighted by Gasteiger charge is -2.28. The number of anilines is 1. The Bertz CT molecular complexity index is 1020. The standard InChI is InChI=1S/C24H25N3O4/c28-22(29)15-17-6-8-18(9-7-17)19-10-12-20(13-11-19)23(30)26-24-25-21(31-27-24)14-16-4-2-1-3-5-16/h1-5,10-13,17-18H,6-9,14-15H2,(H,28,29)(H,26,27,30). The summed E-state index contributed by atoms with van der Waals surface area (Å²) >= 11 is 0. The first kappa shape index (κ1) is 20.8. The van der Waals surface area contributed by atoms with Crippen LogP contribution in [0.4, 0.5) is 5.95 Å². The second-order valence-corrected chi connectivity index (χ2v) is 8.07. The highest BCUT2D eigenvalue weighted by Gasteiger charge is 2.24. The highest BCUT2D eigenvalue weighted by molar-refractivity contribution is 6.03. The maximum Gasteiger partial charge on any atom is 0.303 e. The van der Waals surface area contributed by atoms with Crippen molar-refractivity contribution < 1.29 is 19.2 Å². The lowest BCUT2D eigenvalue weighted by molar-refractivity contribution is -0.138. The highest BCUT2D eigenvalue weighted by atomic mass is 16.5. The molecule has 1 heterocycles. The van der Waals surface area contributed by atoms with Crippen molar-refractivity contribution in [2.45, 2.75) is 44.4 Å². The zero-order valence-corrected chi connectivity index (χ0v) is 17.2. The Kier molecular flexibility index (Phi) is 6.40. The molecule has 1 aromatic heterocycles. The van der Waals surface area contributed by atoms with E-state index in [4.69, 9.17) is 9.63 Å². The van der Waals surface area contributed by atoms with Crippen molar-refractivity contribution in [3.63, 3.8) is 0 Å². The summed E-state index contributed by atoms with van der Waals surface area (Å²) in [7, 11) is 0. The van der Waals surface area contributed by atoms with E-state index in [-0.39, 0.29) is 24.2 Å². The summed E-state index contributed by atoms with van der Waals surface area (Å²) in [6, 6.07) is 17.4. The zero-order chi connectivity index (χ0) is 21.6. The molecule has 0 atom stereocenters. The van der Waals surface area contributed by atoms with Crippen LogP contribution in [0.3, 0.4) is 0 Å². The van der Waals surface area contributed by atoms with Gasteiger partial charge in [-0.2, -0.15) is 4.98 Å². The molecule has 160 valence electrons. The van der Waals surface area contributed by atoms with Gasteiger partial charge in [-0.05, 0) is 65.9 Å². The van der Waals surface area contributed by atoms with E-state index in [2.05, 4.69) is 15.5 Å². The van der Waals surface area contributed by atoms with Crippen molar-refractivity contribution in [1.29, 1.82) is 0 Å². The molecular weight excluding hydrogens is 394 g/mol. The van der Waals surface area contributed by atoms with Crippen LogP contribution in [-0.2, 0) is 11.2 Å². The van der Waals surface area contributed by atoms with Gasteiger partial charge < -0.3 is 9.63 Å². The monoisotopic (exact) mass is 419 g/mol. The summed E-state index contributed by atoms with van der Waals surface area (Å²) < 4.78 is 5.22. The van der Waals surface area contributed by atoms with Crippen molar-refractivity contribution in [2.75, 3.05) is 5.32 Å². The molecule has 1 aliphatic rings. The normalized spacial score (nSPS) is 18.5. The van der Waals surface area contributed by atoms with Gasteiger partial charge in [-0.15, -0.1) is 0 Å². The average Bonchev–Trinajstić information content (AvgIpc) is 3.21. The first-order chi connectivity index (χ1) is 15.1. The van der Waals surface area contributed by atoms with Crippen LogP contribution in [0, 0.1) is 5.92 Å². The Morgan fingerprint density at radius 3 is 2.39 bits per heavy atom. The Morgan fingerprint density at radius 2 is 1.71 bits per heavy atom. The molecule has 0 spiro atoms. The molecule has 1 aliphatic carbocycles. The van der Waals surface area contributed by atoms with E-state index in [0.29, 0.717) is 23.8 Å². The summed E-state index contributed by atoms with van der Waals surface area (Å²) in [5.74, 6) is 0.281. The Hall–Kier alpha value is -3.48. The number of benzene rings is 2. The van der Waals surface area contributed by atoms with Gasteiger partial charge in [0.1, 0.15) is 0 Å². The van der Waals surface area contributed by atoms with E-state index < -0.39 is 5.97 Å². The summed E-state index contributed by atoms with van der Waals surface area (Å²) in [6.45, 7) is 0. The zero-order valence-electron chi connectivity index (χ0n) is 17.2. The van der Waals surface area contributed by atoms with E-state index >= 15 is 0 Å². The number of nitrogens with one attached hydrogen (secondary N) is 1. The third-order valence-electron chi connectivity index (χ3n) is 5.85. The molecule has 0 saturated heterocycles. The molecule has 7 heteroatoms. The van der Waals surface area contributed by atoms with Crippen molar-refractivity contribution in [1.82, 2.24) is 10.1 Å². The molecule has 2 aromatic carbocycles. The van der Waals surface area contributed by atoms with Crippen molar-refractivity contribution in [3.8, 4) is 0 Å². The van der Waals surface area contributed by atoms with Crippen LogP contribution < -0.4 is 5.32 Å². The van der Waals surface area contributed by atoms with Crippen LogP contribution in [-0.4, -0.2) is 27.1 Å². The minimum atomic E-state index is -0.715. The van der Waals surface area contributed by atoms with Crippen LogP contribution in [0.2, 0.25) is 0 Å². The number of aromatic nitrogens is 2. The van der Waals surface area contributed by atoms with Gasteiger partial charge in [0, 0.05) is 12.0 Å². The summed E-state index contributed by atoms with van der Waals surface area (Å²) in [5, 5.41) is 15.5. The van der Waals surface area contributed by atoms with Crippen LogP contribution in [0.15, 0.2) is 59.1 Å². The topological polar surface area (TPSA) is 105 Å². The SMILES string of the molecule is O=C(O)CC1CCC(c2ccc(C(=O)Nc3noc(Cc4ccccc4)n3)cc2)CC1. The van der Waals surface area contributed by atoms with Crippen LogP contribution in [0.25, 0.3) is 0 Å². The van der Waals surface area contributed by atoms with Gasteiger partial charge in [0.05, 0.1) is 6.42 Å². The van der Waals surface area contributed by atoms with Gasteiger partial charge in [-0.3, -0.25) is 14.9 Å². The van der Waals surface area contributed by atoms with Crippen molar-refractivity contribution >= 4 is 17.8 Å². The average molecular weight is 419 g/mol. The summed E-state index contributed by atoms with van der Waals surface area (Å²) in [5.41, 5.74) is 2.77. The molecule has 0 radical (unpaired) electrons. The number of carboxylic acids is 1. The lowest BCUT2D eigenvalue weighted by Crippen LogP contribution is -2.16. The number of carbonyl (C=O) groups is 2. The number of aliphatic carboxylic acids is 1. The van der Waals surface area contributed by atoms with Crippen LogP contribution in [0.5, 0.6) is 0 Å². The van der Waals surface area contributed by atoms with Gasteiger partial charge in [-0.1, -0.05) is 42.5 Å². The maximum absolute atomic E-state index is 12.5. The molecule has 2 N–H and O–H groups in total. The van der Waals surface area contributed by atoms with Crippen LogP contribution in [0.1, 0.15) is 65.4 Å². The Labute approximate surface area is 180 Å². The van der Waals surface area contributed by atoms with E-state index in [1.807, 2.05) is 42.5 Å². The molecule has 0 bridgehead atoms. The fourth-order valence-electron chi connectivity index (χ4n) is 4.18. The summed E-state index contributed by atoms with van der Waals surface area (Å²) in [6.07, 6.45) is 4.60. The number of amides is 1. The van der Waals surface area contributed by atoms with Crippen molar-refractivity contribution in [3.05, 3.63) is 77.2 Å². The molecule has 4 rings (SSSR count). The number of carboxylic acid groups (broad SMARTS) is 1. The summed E-state index contributed by atoms with van der Waals surface area (Å²) in [4.78, 5) is 27.6. The second-order valence-electron chi connectivity index (χ2n) is 8.07. The molecule has 31 heavy (non-hydrogen) atoms. The molecule has 1 amide bonds. The predicted molar refractivity (Wildman–Crippen MR) is 115 cm³/mol. The minimum absolute atomic E-state index is 0.150. The van der Waals surface area contributed by atoms with Gasteiger partial charge in [-0.25, -0.2) is 0 Å². The second kappa shape index (κ2) is 9.55. The Balaban J connectivity index is 1.31. The van der Waals surface area contributed by atoms with Crippen LogP contribution >= 0.6 is 0 Å². The van der Waals surface area contributed by atoms with Crippen molar-refractivity contribution in [2.24, 2.45) is 5.92 Å². The first-order valence-electron chi connectivity index (χ1n) is 10.6. The fraction of sp³-hybridized carbons (Fsp3) is 0.333. The number of rotatable bonds is 7. The molecule has 1 saturated carbocycles. The first-order valence-corrected chi connectivity index (χ1v) is 10.6. The predicted octanol–water partition coefficient (Wildman–Crippen LogP) is 4.66. The molecular formula is C24H25N3O4. The van der Waals surface area contributed by atoms with Gasteiger partial charge in [0.2, 0.25) is 5.89 Å². The van der Waals surface area contributed by atoms with E-state index in [9.17, 15) is 9.59 Å².